The molecule has 1 aromatic rings. The zero-order valence-electron chi connectivity index (χ0n) is 14.5. The summed E-state index contributed by atoms with van der Waals surface area (Å²) < 4.78 is 0. The second-order valence-corrected chi connectivity index (χ2v) is 6.04. The molecular weight excluding hydrogens is 302 g/mol. The predicted octanol–water partition coefficient (Wildman–Crippen LogP) is 3.28. The third-order valence-electron chi connectivity index (χ3n) is 3.19. The standard InChI is InChI=1S/C19H27N3O2/c1-5-11-22(12-6-2)14-19(24)21-17-9-7-16(8-10-17)20-18(23)13-15(3)4/h5-10,15H,1-2,11-14H2,3-4H3,(H,20,23)(H,21,24). The summed E-state index contributed by atoms with van der Waals surface area (Å²) in [4.78, 5) is 25.7. The Balaban J connectivity index is 2.53. The van der Waals surface area contributed by atoms with Crippen molar-refractivity contribution in [3.8, 4) is 0 Å². The number of carbonyl (C=O) groups excluding carboxylic acids is 2. The van der Waals surface area contributed by atoms with Gasteiger partial charge in [-0.3, -0.25) is 14.5 Å². The van der Waals surface area contributed by atoms with Gasteiger partial charge in [-0.15, -0.1) is 13.2 Å². The molecule has 0 aliphatic carbocycles. The highest BCUT2D eigenvalue weighted by Gasteiger charge is 2.09. The average molecular weight is 329 g/mol. The van der Waals surface area contributed by atoms with Gasteiger partial charge >= 0.3 is 0 Å². The smallest absolute Gasteiger partial charge is 0.238 e. The van der Waals surface area contributed by atoms with Crippen molar-refractivity contribution in [3.05, 3.63) is 49.6 Å². The maximum Gasteiger partial charge on any atom is 0.238 e. The van der Waals surface area contributed by atoms with Gasteiger partial charge in [-0.05, 0) is 30.2 Å². The van der Waals surface area contributed by atoms with E-state index in [1.54, 1.807) is 36.4 Å². The predicted molar refractivity (Wildman–Crippen MR) is 100.0 cm³/mol. The van der Waals surface area contributed by atoms with Crippen LogP contribution in [0.5, 0.6) is 0 Å². The number of nitrogens with zero attached hydrogens (tertiary/aromatic N) is 1. The second kappa shape index (κ2) is 10.4. The molecule has 1 aromatic carbocycles. The van der Waals surface area contributed by atoms with Gasteiger partial charge in [-0.1, -0.05) is 26.0 Å². The molecule has 0 aliphatic heterocycles. The molecule has 5 nitrogen and oxygen atoms in total. The van der Waals surface area contributed by atoms with Gasteiger partial charge in [0.2, 0.25) is 11.8 Å². The summed E-state index contributed by atoms with van der Waals surface area (Å²) in [7, 11) is 0. The number of rotatable bonds is 10. The number of benzene rings is 1. The lowest BCUT2D eigenvalue weighted by atomic mass is 10.1. The molecule has 0 aliphatic rings. The molecule has 2 N–H and O–H groups in total. The lowest BCUT2D eigenvalue weighted by Gasteiger charge is -2.18. The summed E-state index contributed by atoms with van der Waals surface area (Å²) >= 11 is 0. The fraction of sp³-hybridized carbons (Fsp3) is 0.368. The minimum absolute atomic E-state index is 0.00808. The van der Waals surface area contributed by atoms with E-state index in [9.17, 15) is 9.59 Å². The Kier molecular flexibility index (Phi) is 8.50. The molecule has 0 spiro atoms. The number of carbonyl (C=O) groups is 2. The van der Waals surface area contributed by atoms with Gasteiger partial charge in [0.25, 0.3) is 0 Å². The van der Waals surface area contributed by atoms with Gasteiger partial charge in [-0.25, -0.2) is 0 Å². The zero-order chi connectivity index (χ0) is 17.9. The van der Waals surface area contributed by atoms with E-state index >= 15 is 0 Å². The Morgan fingerprint density at radius 3 is 1.88 bits per heavy atom. The van der Waals surface area contributed by atoms with E-state index < -0.39 is 0 Å². The Hall–Kier alpha value is -2.40. The van der Waals surface area contributed by atoms with Crippen LogP contribution in [-0.2, 0) is 9.59 Å². The van der Waals surface area contributed by atoms with Crippen molar-refractivity contribution in [2.24, 2.45) is 5.92 Å². The van der Waals surface area contributed by atoms with Crippen molar-refractivity contribution in [3.63, 3.8) is 0 Å². The SMILES string of the molecule is C=CCN(CC=C)CC(=O)Nc1ccc(NC(=O)CC(C)C)cc1. The van der Waals surface area contributed by atoms with Gasteiger partial charge in [0.05, 0.1) is 6.54 Å². The maximum atomic E-state index is 12.1. The van der Waals surface area contributed by atoms with Crippen LogP contribution < -0.4 is 10.6 Å². The summed E-state index contributed by atoms with van der Waals surface area (Å²) in [5, 5.41) is 5.68. The Morgan fingerprint density at radius 1 is 1.00 bits per heavy atom. The fourth-order valence-electron chi connectivity index (χ4n) is 2.19. The molecule has 0 bridgehead atoms. The number of nitrogens with one attached hydrogen (secondary N) is 2. The van der Waals surface area contributed by atoms with E-state index in [-0.39, 0.29) is 18.4 Å². The topological polar surface area (TPSA) is 61.4 Å². The summed E-state index contributed by atoms with van der Waals surface area (Å²) in [6.45, 7) is 12.9. The molecule has 24 heavy (non-hydrogen) atoms. The van der Waals surface area contributed by atoms with Crippen LogP contribution in [0.15, 0.2) is 49.6 Å². The van der Waals surface area contributed by atoms with Crippen LogP contribution in [0.4, 0.5) is 11.4 Å². The lowest BCUT2D eigenvalue weighted by Crippen LogP contribution is -2.33. The molecule has 0 radical (unpaired) electrons. The molecule has 5 heteroatoms. The highest BCUT2D eigenvalue weighted by atomic mass is 16.2. The van der Waals surface area contributed by atoms with E-state index in [1.807, 2.05) is 18.7 Å². The molecule has 0 saturated heterocycles. The van der Waals surface area contributed by atoms with Crippen molar-refractivity contribution in [2.45, 2.75) is 20.3 Å². The average Bonchev–Trinajstić information content (AvgIpc) is 2.49. The van der Waals surface area contributed by atoms with Gasteiger partial charge in [-0.2, -0.15) is 0 Å². The van der Waals surface area contributed by atoms with Gasteiger partial charge in [0, 0.05) is 30.9 Å². The highest BCUT2D eigenvalue weighted by molar-refractivity contribution is 5.93. The fourth-order valence-corrected chi connectivity index (χ4v) is 2.19. The number of hydrogen-bond donors (Lipinski definition) is 2. The molecule has 0 atom stereocenters. The van der Waals surface area contributed by atoms with E-state index in [2.05, 4.69) is 23.8 Å². The van der Waals surface area contributed by atoms with Crippen molar-refractivity contribution in [1.82, 2.24) is 4.90 Å². The van der Waals surface area contributed by atoms with Crippen molar-refractivity contribution < 1.29 is 9.59 Å². The quantitative estimate of drug-likeness (QED) is 0.648. The molecule has 2 amide bonds. The van der Waals surface area contributed by atoms with E-state index in [4.69, 9.17) is 0 Å². The molecule has 1 rings (SSSR count). The third-order valence-corrected chi connectivity index (χ3v) is 3.19. The first-order chi connectivity index (χ1) is 11.4. The number of amides is 2. The molecule has 0 fully saturated rings. The minimum Gasteiger partial charge on any atom is -0.326 e. The number of anilines is 2. The second-order valence-electron chi connectivity index (χ2n) is 6.04. The monoisotopic (exact) mass is 329 g/mol. The summed E-state index contributed by atoms with van der Waals surface area (Å²) in [6, 6.07) is 7.10. The molecule has 130 valence electrons. The molecule has 0 heterocycles. The van der Waals surface area contributed by atoms with Crippen LogP contribution in [-0.4, -0.2) is 36.3 Å². The van der Waals surface area contributed by atoms with Gasteiger partial charge in [0.15, 0.2) is 0 Å². The first kappa shape index (κ1) is 19.6. The summed E-state index contributed by atoms with van der Waals surface area (Å²) in [5.41, 5.74) is 1.41. The van der Waals surface area contributed by atoms with E-state index in [0.717, 1.165) is 5.69 Å². The van der Waals surface area contributed by atoms with Crippen LogP contribution in [0.1, 0.15) is 20.3 Å². The summed E-state index contributed by atoms with van der Waals surface area (Å²) in [6.07, 6.45) is 4.00. The minimum atomic E-state index is -0.102. The lowest BCUT2D eigenvalue weighted by molar-refractivity contribution is -0.117. The van der Waals surface area contributed by atoms with Crippen molar-refractivity contribution >= 4 is 23.2 Å². The van der Waals surface area contributed by atoms with Crippen LogP contribution in [0, 0.1) is 5.92 Å². The van der Waals surface area contributed by atoms with Crippen LogP contribution >= 0.6 is 0 Å². The van der Waals surface area contributed by atoms with Gasteiger partial charge < -0.3 is 10.6 Å². The van der Waals surface area contributed by atoms with Crippen LogP contribution in [0.3, 0.4) is 0 Å². The van der Waals surface area contributed by atoms with Crippen LogP contribution in [0.25, 0.3) is 0 Å². The van der Waals surface area contributed by atoms with Crippen molar-refractivity contribution in [1.29, 1.82) is 0 Å². The zero-order valence-corrected chi connectivity index (χ0v) is 14.5. The van der Waals surface area contributed by atoms with E-state index in [1.165, 1.54) is 0 Å². The number of hydrogen-bond acceptors (Lipinski definition) is 3. The maximum absolute atomic E-state index is 12.1. The molecule has 0 saturated carbocycles. The van der Waals surface area contributed by atoms with Gasteiger partial charge in [0.1, 0.15) is 0 Å². The highest BCUT2D eigenvalue weighted by Crippen LogP contribution is 2.14. The Labute approximate surface area is 144 Å². The molecular formula is C19H27N3O2. The molecule has 0 aromatic heterocycles. The molecule has 0 unspecified atom stereocenters. The Bertz CT molecular complexity index is 554. The van der Waals surface area contributed by atoms with Crippen molar-refractivity contribution in [2.75, 3.05) is 30.3 Å². The summed E-state index contributed by atoms with van der Waals surface area (Å²) in [5.74, 6) is 0.208. The first-order valence-corrected chi connectivity index (χ1v) is 8.08. The first-order valence-electron chi connectivity index (χ1n) is 8.08. The Morgan fingerprint density at radius 2 is 1.46 bits per heavy atom. The van der Waals surface area contributed by atoms with Crippen LogP contribution in [0.2, 0.25) is 0 Å². The largest absolute Gasteiger partial charge is 0.326 e. The normalized spacial score (nSPS) is 10.5. The van der Waals surface area contributed by atoms with E-state index in [0.29, 0.717) is 31.1 Å². The third kappa shape index (κ3) is 7.74.